The molecule has 2 heterocycles. The van der Waals surface area contributed by atoms with Crippen molar-refractivity contribution in [2.75, 3.05) is 0 Å². The maximum absolute atomic E-state index is 5.79. The predicted octanol–water partition coefficient (Wildman–Crippen LogP) is 4.05. The molecule has 0 aliphatic rings. The smallest absolute Gasteiger partial charge is 0.208 e. The molecule has 2 aromatic heterocycles. The molecule has 0 bridgehead atoms. The van der Waals surface area contributed by atoms with E-state index in [4.69, 9.17) is 4.42 Å². The third-order valence-corrected chi connectivity index (χ3v) is 4.01. The molecule has 0 amide bonds. The molecule has 0 aliphatic carbocycles. The molecule has 0 atom stereocenters. The highest BCUT2D eigenvalue weighted by molar-refractivity contribution is 7.22. The minimum Gasteiger partial charge on any atom is -0.438 e. The van der Waals surface area contributed by atoms with Gasteiger partial charge in [0.15, 0.2) is 5.76 Å². The van der Waals surface area contributed by atoms with E-state index in [2.05, 4.69) is 54.5 Å². The Morgan fingerprint density at radius 3 is 2.95 bits per heavy atom. The average molecular weight is 272 g/mol. The lowest BCUT2D eigenvalue weighted by Crippen LogP contribution is -2.21. The normalized spacial score (nSPS) is 11.5. The zero-order chi connectivity index (χ0) is 13.2. The first-order chi connectivity index (χ1) is 9.22. The van der Waals surface area contributed by atoms with Crippen LogP contribution in [-0.4, -0.2) is 11.0 Å². The Morgan fingerprint density at radius 1 is 1.32 bits per heavy atom. The third-order valence-electron chi connectivity index (χ3n) is 2.88. The topological polar surface area (TPSA) is 38.1 Å². The van der Waals surface area contributed by atoms with Gasteiger partial charge < -0.3 is 9.73 Å². The number of nitrogens with zero attached hydrogens (tertiary/aromatic N) is 1. The molecule has 0 saturated carbocycles. The molecule has 3 nitrogen and oxygen atoms in total. The van der Waals surface area contributed by atoms with Crippen molar-refractivity contribution in [2.45, 2.75) is 26.4 Å². The first kappa shape index (κ1) is 12.4. The van der Waals surface area contributed by atoms with E-state index >= 15 is 0 Å². The van der Waals surface area contributed by atoms with Crippen LogP contribution in [0.2, 0.25) is 0 Å². The zero-order valence-electron chi connectivity index (χ0n) is 11.0. The van der Waals surface area contributed by atoms with Gasteiger partial charge in [-0.2, -0.15) is 0 Å². The molecule has 98 valence electrons. The van der Waals surface area contributed by atoms with Gasteiger partial charge in [-0.1, -0.05) is 32.0 Å². The van der Waals surface area contributed by atoms with E-state index in [0.717, 1.165) is 16.5 Å². The Morgan fingerprint density at radius 2 is 2.16 bits per heavy atom. The molecule has 3 aromatic rings. The van der Waals surface area contributed by atoms with Crippen molar-refractivity contribution >= 4 is 21.4 Å². The van der Waals surface area contributed by atoms with Gasteiger partial charge in [-0.3, -0.25) is 0 Å². The van der Waals surface area contributed by atoms with Crippen molar-refractivity contribution in [1.29, 1.82) is 0 Å². The summed E-state index contributed by atoms with van der Waals surface area (Å²) in [5.74, 6) is 1.59. The Kier molecular flexibility index (Phi) is 3.36. The van der Waals surface area contributed by atoms with E-state index in [0.29, 0.717) is 12.6 Å². The van der Waals surface area contributed by atoms with Crippen LogP contribution in [0.15, 0.2) is 40.9 Å². The molecule has 0 fully saturated rings. The predicted molar refractivity (Wildman–Crippen MR) is 79.3 cm³/mol. The Bertz CT molecular complexity index is 651. The maximum atomic E-state index is 5.79. The quantitative estimate of drug-likeness (QED) is 0.778. The summed E-state index contributed by atoms with van der Waals surface area (Å²) in [5, 5.41) is 4.55. The number of aromatic nitrogens is 1. The van der Waals surface area contributed by atoms with Gasteiger partial charge in [0.25, 0.3) is 0 Å². The lowest BCUT2D eigenvalue weighted by atomic mass is 10.2. The summed E-state index contributed by atoms with van der Waals surface area (Å²) in [6, 6.07) is 10.9. The number of nitrogens with one attached hydrogen (secondary N) is 1. The van der Waals surface area contributed by atoms with Gasteiger partial charge in [0.2, 0.25) is 5.89 Å². The first-order valence-corrected chi connectivity index (χ1v) is 7.21. The van der Waals surface area contributed by atoms with Gasteiger partial charge in [-0.15, -0.1) is 11.3 Å². The fourth-order valence-corrected chi connectivity index (χ4v) is 2.91. The molecule has 0 radical (unpaired) electrons. The van der Waals surface area contributed by atoms with Crippen LogP contribution in [-0.2, 0) is 6.54 Å². The molecule has 0 unspecified atom stereocenters. The minimum atomic E-state index is 0.430. The van der Waals surface area contributed by atoms with Gasteiger partial charge in [0.1, 0.15) is 0 Å². The van der Waals surface area contributed by atoms with Crippen LogP contribution in [0.25, 0.3) is 20.7 Å². The number of benzene rings is 1. The first-order valence-electron chi connectivity index (χ1n) is 6.39. The van der Waals surface area contributed by atoms with Crippen LogP contribution >= 0.6 is 11.3 Å². The molecule has 4 heteroatoms. The molecule has 0 aliphatic heterocycles. The van der Waals surface area contributed by atoms with E-state index in [1.54, 1.807) is 11.3 Å². The van der Waals surface area contributed by atoms with E-state index in [-0.39, 0.29) is 0 Å². The van der Waals surface area contributed by atoms with Crippen molar-refractivity contribution in [2.24, 2.45) is 0 Å². The second-order valence-electron chi connectivity index (χ2n) is 4.80. The second-order valence-corrected chi connectivity index (χ2v) is 5.89. The standard InChI is InChI=1S/C15H16N2OS/c1-10(2)16-9-15-17-8-12(18-15)14-7-11-5-3-4-6-13(11)19-14/h3-8,10,16H,9H2,1-2H3. The zero-order valence-corrected chi connectivity index (χ0v) is 11.8. The lowest BCUT2D eigenvalue weighted by Gasteiger charge is -2.03. The van der Waals surface area contributed by atoms with Gasteiger partial charge >= 0.3 is 0 Å². The molecule has 1 aromatic carbocycles. The molecular weight excluding hydrogens is 256 g/mol. The average Bonchev–Trinajstić information content (AvgIpc) is 3.02. The highest BCUT2D eigenvalue weighted by atomic mass is 32.1. The summed E-state index contributed by atoms with van der Waals surface area (Å²) in [5.41, 5.74) is 0. The van der Waals surface area contributed by atoms with Crippen LogP contribution < -0.4 is 5.32 Å². The second kappa shape index (κ2) is 5.15. The summed E-state index contributed by atoms with van der Waals surface area (Å²) in [4.78, 5) is 5.44. The monoisotopic (exact) mass is 272 g/mol. The number of hydrogen-bond donors (Lipinski definition) is 1. The Hall–Kier alpha value is -1.65. The van der Waals surface area contributed by atoms with Crippen LogP contribution in [0.4, 0.5) is 0 Å². The maximum Gasteiger partial charge on any atom is 0.208 e. The number of thiophene rings is 1. The van der Waals surface area contributed by atoms with Crippen molar-refractivity contribution in [3.05, 3.63) is 42.4 Å². The van der Waals surface area contributed by atoms with Gasteiger partial charge in [0.05, 0.1) is 17.6 Å². The van der Waals surface area contributed by atoms with E-state index in [1.165, 1.54) is 10.1 Å². The SMILES string of the molecule is CC(C)NCc1ncc(-c2cc3ccccc3s2)o1. The van der Waals surface area contributed by atoms with Crippen LogP contribution in [0.5, 0.6) is 0 Å². The summed E-state index contributed by atoms with van der Waals surface area (Å²) in [6.45, 7) is 4.88. The molecule has 3 rings (SSSR count). The largest absolute Gasteiger partial charge is 0.438 e. The summed E-state index contributed by atoms with van der Waals surface area (Å²) >= 11 is 1.73. The summed E-state index contributed by atoms with van der Waals surface area (Å²) < 4.78 is 7.06. The van der Waals surface area contributed by atoms with Gasteiger partial charge in [-0.25, -0.2) is 4.98 Å². The molecule has 1 N–H and O–H groups in total. The van der Waals surface area contributed by atoms with E-state index in [1.807, 2.05) is 6.20 Å². The summed E-state index contributed by atoms with van der Waals surface area (Å²) in [7, 11) is 0. The molecular formula is C15H16N2OS. The van der Waals surface area contributed by atoms with Gasteiger partial charge in [0, 0.05) is 10.7 Å². The van der Waals surface area contributed by atoms with Crippen molar-refractivity contribution < 1.29 is 4.42 Å². The lowest BCUT2D eigenvalue weighted by molar-refractivity contribution is 0.459. The van der Waals surface area contributed by atoms with Crippen LogP contribution in [0, 0.1) is 0 Å². The highest BCUT2D eigenvalue weighted by Gasteiger charge is 2.09. The molecule has 0 saturated heterocycles. The highest BCUT2D eigenvalue weighted by Crippen LogP contribution is 2.33. The van der Waals surface area contributed by atoms with Crippen LogP contribution in [0.3, 0.4) is 0 Å². The fourth-order valence-electron chi connectivity index (χ4n) is 1.90. The van der Waals surface area contributed by atoms with Crippen LogP contribution in [0.1, 0.15) is 19.7 Å². The van der Waals surface area contributed by atoms with E-state index in [9.17, 15) is 0 Å². The molecule has 19 heavy (non-hydrogen) atoms. The van der Waals surface area contributed by atoms with E-state index < -0.39 is 0 Å². The number of oxazole rings is 1. The Balaban J connectivity index is 1.85. The number of fused-ring (bicyclic) bond motifs is 1. The Labute approximate surface area is 116 Å². The van der Waals surface area contributed by atoms with Crippen molar-refractivity contribution in [3.8, 4) is 10.6 Å². The molecule has 0 spiro atoms. The summed E-state index contributed by atoms with van der Waals surface area (Å²) in [6.07, 6.45) is 1.81. The minimum absolute atomic E-state index is 0.430. The fraction of sp³-hybridized carbons (Fsp3) is 0.267. The number of hydrogen-bond acceptors (Lipinski definition) is 4. The third kappa shape index (κ3) is 2.69. The number of rotatable bonds is 4. The van der Waals surface area contributed by atoms with Crippen molar-refractivity contribution in [3.63, 3.8) is 0 Å². The van der Waals surface area contributed by atoms with Gasteiger partial charge in [-0.05, 0) is 17.5 Å². The van der Waals surface area contributed by atoms with Crippen molar-refractivity contribution in [1.82, 2.24) is 10.3 Å².